The molecule has 0 aromatic heterocycles. The fourth-order valence-corrected chi connectivity index (χ4v) is 1.29. The van der Waals surface area contributed by atoms with Crippen molar-refractivity contribution in [2.75, 3.05) is 13.7 Å². The number of nitrogens with two attached hydrogens (primary N) is 1. The van der Waals surface area contributed by atoms with Gasteiger partial charge in [-0.3, -0.25) is 0 Å². The zero-order valence-corrected chi connectivity index (χ0v) is 10.2. The summed E-state index contributed by atoms with van der Waals surface area (Å²) in [5, 5.41) is 0. The summed E-state index contributed by atoms with van der Waals surface area (Å²) in [6.45, 7) is 0.772. The van der Waals surface area contributed by atoms with Crippen molar-refractivity contribution in [3.8, 4) is 5.75 Å². The lowest BCUT2D eigenvalue weighted by Crippen LogP contribution is -2.31. The van der Waals surface area contributed by atoms with Gasteiger partial charge in [-0.15, -0.1) is 0 Å². The van der Waals surface area contributed by atoms with Crippen molar-refractivity contribution >= 4 is 0 Å². The van der Waals surface area contributed by atoms with Gasteiger partial charge in [-0.25, -0.2) is 0 Å². The molecule has 0 aliphatic carbocycles. The Morgan fingerprint density at radius 3 is 2.22 bits per heavy atom. The molecule has 0 spiro atoms. The summed E-state index contributed by atoms with van der Waals surface area (Å²) in [4.78, 5) is 0. The second kappa shape index (κ2) is 6.06. The summed E-state index contributed by atoms with van der Waals surface area (Å²) in [6.07, 6.45) is -6.18. The Morgan fingerprint density at radius 2 is 1.78 bits per heavy atom. The number of benzene rings is 1. The molecular weight excluding hydrogens is 247 g/mol. The van der Waals surface area contributed by atoms with Gasteiger partial charge >= 0.3 is 6.18 Å². The summed E-state index contributed by atoms with van der Waals surface area (Å²) in [7, 11) is 1.53. The third kappa shape index (κ3) is 4.19. The lowest BCUT2D eigenvalue weighted by molar-refractivity contribution is -0.215. The van der Waals surface area contributed by atoms with Crippen molar-refractivity contribution in [2.45, 2.75) is 25.2 Å². The lowest BCUT2D eigenvalue weighted by atomic mass is 10.1. The van der Waals surface area contributed by atoms with Crippen LogP contribution in [0.25, 0.3) is 0 Å². The van der Waals surface area contributed by atoms with E-state index in [0.717, 1.165) is 6.92 Å². The molecule has 2 atom stereocenters. The van der Waals surface area contributed by atoms with E-state index in [4.69, 9.17) is 15.2 Å². The maximum absolute atomic E-state index is 12.2. The molecule has 0 saturated carbocycles. The number of methoxy groups -OCH3 is 1. The van der Waals surface area contributed by atoms with E-state index in [1.165, 1.54) is 7.11 Å². The Bertz CT molecular complexity index is 365. The van der Waals surface area contributed by atoms with Gasteiger partial charge in [0.15, 0.2) is 6.10 Å². The van der Waals surface area contributed by atoms with Crippen molar-refractivity contribution in [1.82, 2.24) is 0 Å². The Labute approximate surface area is 104 Å². The predicted octanol–water partition coefficient (Wildman–Crippen LogP) is 2.66. The highest BCUT2D eigenvalue weighted by Crippen LogP contribution is 2.23. The molecule has 0 aliphatic heterocycles. The third-order valence-electron chi connectivity index (χ3n) is 2.53. The molecule has 2 unspecified atom stereocenters. The molecule has 18 heavy (non-hydrogen) atoms. The van der Waals surface area contributed by atoms with Gasteiger partial charge in [-0.05, 0) is 24.6 Å². The zero-order chi connectivity index (χ0) is 13.8. The molecule has 102 valence electrons. The Morgan fingerprint density at radius 1 is 1.22 bits per heavy atom. The molecule has 0 saturated heterocycles. The fraction of sp³-hybridized carbons (Fsp3) is 0.500. The molecule has 6 heteroatoms. The third-order valence-corrected chi connectivity index (χ3v) is 2.53. The Kier molecular flexibility index (Phi) is 4.98. The first-order chi connectivity index (χ1) is 8.34. The molecule has 1 rings (SSSR count). The first kappa shape index (κ1) is 14.8. The molecule has 3 nitrogen and oxygen atoms in total. The molecule has 0 aliphatic rings. The van der Waals surface area contributed by atoms with Crippen LogP contribution in [0.1, 0.15) is 18.5 Å². The second-order valence-electron chi connectivity index (χ2n) is 3.90. The van der Waals surface area contributed by atoms with Gasteiger partial charge in [0, 0.05) is 0 Å². The average molecular weight is 263 g/mol. The van der Waals surface area contributed by atoms with Crippen LogP contribution < -0.4 is 10.5 Å². The Balaban J connectivity index is 2.52. The summed E-state index contributed by atoms with van der Waals surface area (Å²) in [5.41, 5.74) is 6.44. The number of hydrogen-bond donors (Lipinski definition) is 1. The molecule has 2 N–H and O–H groups in total. The van der Waals surface area contributed by atoms with Gasteiger partial charge < -0.3 is 15.2 Å². The molecule has 0 radical (unpaired) electrons. The smallest absolute Gasteiger partial charge is 0.414 e. The van der Waals surface area contributed by atoms with Crippen molar-refractivity contribution < 1.29 is 22.6 Å². The molecule has 0 fully saturated rings. The van der Waals surface area contributed by atoms with Gasteiger partial charge in [-0.2, -0.15) is 13.2 Å². The predicted molar refractivity (Wildman–Crippen MR) is 61.4 cm³/mol. The van der Waals surface area contributed by atoms with Crippen molar-refractivity contribution in [1.29, 1.82) is 0 Å². The number of hydrogen-bond acceptors (Lipinski definition) is 3. The summed E-state index contributed by atoms with van der Waals surface area (Å²) in [6, 6.07) is 6.20. The second-order valence-corrected chi connectivity index (χ2v) is 3.90. The van der Waals surface area contributed by atoms with Crippen LogP contribution in [0, 0.1) is 0 Å². The number of ether oxygens (including phenoxy) is 2. The van der Waals surface area contributed by atoms with E-state index in [0.29, 0.717) is 11.3 Å². The van der Waals surface area contributed by atoms with Gasteiger partial charge in [0.1, 0.15) is 5.75 Å². The molecule has 0 bridgehead atoms. The highest BCUT2D eigenvalue weighted by Gasteiger charge is 2.37. The minimum absolute atomic E-state index is 0.187. The zero-order valence-electron chi connectivity index (χ0n) is 10.2. The molecule has 0 amide bonds. The normalized spacial score (nSPS) is 15.2. The van der Waals surface area contributed by atoms with E-state index in [2.05, 4.69) is 0 Å². The number of halogens is 3. The van der Waals surface area contributed by atoms with Crippen molar-refractivity contribution in [3.05, 3.63) is 29.8 Å². The molecule has 1 aromatic carbocycles. The number of rotatable bonds is 5. The monoisotopic (exact) mass is 263 g/mol. The van der Waals surface area contributed by atoms with Gasteiger partial charge in [0.25, 0.3) is 0 Å². The van der Waals surface area contributed by atoms with Gasteiger partial charge in [0.05, 0.1) is 19.8 Å². The highest BCUT2D eigenvalue weighted by molar-refractivity contribution is 5.28. The van der Waals surface area contributed by atoms with Crippen molar-refractivity contribution in [3.63, 3.8) is 0 Å². The largest absolute Gasteiger partial charge is 0.497 e. The summed E-state index contributed by atoms with van der Waals surface area (Å²) < 4.78 is 46.3. The van der Waals surface area contributed by atoms with Crippen LogP contribution in [0.4, 0.5) is 13.2 Å². The van der Waals surface area contributed by atoms with E-state index in [-0.39, 0.29) is 6.61 Å². The lowest BCUT2D eigenvalue weighted by Gasteiger charge is -2.19. The average Bonchev–Trinajstić information content (AvgIpc) is 2.34. The quantitative estimate of drug-likeness (QED) is 0.888. The number of alkyl halides is 3. The van der Waals surface area contributed by atoms with E-state index >= 15 is 0 Å². The molecule has 1 aromatic rings. The first-order valence-corrected chi connectivity index (χ1v) is 5.42. The van der Waals surface area contributed by atoms with Crippen LogP contribution in [0.15, 0.2) is 24.3 Å². The molecular formula is C12H16F3NO2. The van der Waals surface area contributed by atoms with Crippen LogP contribution in [0.2, 0.25) is 0 Å². The van der Waals surface area contributed by atoms with Crippen LogP contribution in [-0.4, -0.2) is 26.0 Å². The van der Waals surface area contributed by atoms with Crippen LogP contribution in [0.5, 0.6) is 5.75 Å². The van der Waals surface area contributed by atoms with Gasteiger partial charge in [-0.1, -0.05) is 12.1 Å². The van der Waals surface area contributed by atoms with Crippen LogP contribution >= 0.6 is 0 Å². The van der Waals surface area contributed by atoms with E-state index in [1.54, 1.807) is 24.3 Å². The Hall–Kier alpha value is -1.27. The van der Waals surface area contributed by atoms with Gasteiger partial charge in [0.2, 0.25) is 0 Å². The summed E-state index contributed by atoms with van der Waals surface area (Å²) >= 11 is 0. The standard InChI is InChI=1S/C12H16F3NO2/c1-8(12(13,14)15)18-7-11(16)9-3-5-10(17-2)6-4-9/h3-6,8,11H,7,16H2,1-2H3. The first-order valence-electron chi connectivity index (χ1n) is 5.42. The minimum Gasteiger partial charge on any atom is -0.497 e. The van der Waals surface area contributed by atoms with Crippen LogP contribution in [0.3, 0.4) is 0 Å². The maximum atomic E-state index is 12.2. The minimum atomic E-state index is -4.36. The SMILES string of the molecule is COc1ccc(C(N)COC(C)C(F)(F)F)cc1. The van der Waals surface area contributed by atoms with E-state index in [1.807, 2.05) is 0 Å². The van der Waals surface area contributed by atoms with Crippen molar-refractivity contribution in [2.24, 2.45) is 5.73 Å². The molecule has 0 heterocycles. The highest BCUT2D eigenvalue weighted by atomic mass is 19.4. The maximum Gasteiger partial charge on any atom is 0.414 e. The topological polar surface area (TPSA) is 44.5 Å². The van der Waals surface area contributed by atoms with E-state index < -0.39 is 18.3 Å². The van der Waals surface area contributed by atoms with E-state index in [9.17, 15) is 13.2 Å². The fourth-order valence-electron chi connectivity index (χ4n) is 1.29. The summed E-state index contributed by atoms with van der Waals surface area (Å²) in [5.74, 6) is 0.663. The van der Waals surface area contributed by atoms with Crippen LogP contribution in [-0.2, 0) is 4.74 Å².